The summed E-state index contributed by atoms with van der Waals surface area (Å²) in [7, 11) is 0. The molecule has 0 fully saturated rings. The van der Waals surface area contributed by atoms with Crippen molar-refractivity contribution in [2.24, 2.45) is 5.10 Å². The lowest BCUT2D eigenvalue weighted by Gasteiger charge is -2.32. The van der Waals surface area contributed by atoms with Gasteiger partial charge in [0.1, 0.15) is 5.75 Å². The first-order valence-electron chi connectivity index (χ1n) is 8.92. The zero-order chi connectivity index (χ0) is 21.4. The van der Waals surface area contributed by atoms with Crippen LogP contribution >= 0.6 is 11.3 Å². The first kappa shape index (κ1) is 20.1. The predicted molar refractivity (Wildman–Crippen MR) is 110 cm³/mol. The van der Waals surface area contributed by atoms with Crippen LogP contribution in [0.2, 0.25) is 0 Å². The minimum absolute atomic E-state index is 0.00883. The van der Waals surface area contributed by atoms with Crippen molar-refractivity contribution in [3.8, 4) is 17.0 Å². The van der Waals surface area contributed by atoms with Gasteiger partial charge in [0.2, 0.25) is 5.13 Å². The number of aromatic nitrogens is 1. The molecule has 3 aromatic rings. The molecule has 0 aliphatic carbocycles. The number of hydrogen-bond donors (Lipinski definition) is 2. The zero-order valence-electron chi connectivity index (χ0n) is 15.4. The number of nitrogens with zero attached hydrogens (tertiary/aromatic N) is 3. The van der Waals surface area contributed by atoms with E-state index in [1.807, 2.05) is 6.07 Å². The number of phenols is 1. The molecule has 2 aromatic carbocycles. The van der Waals surface area contributed by atoms with Gasteiger partial charge in [0, 0.05) is 16.5 Å². The van der Waals surface area contributed by atoms with Crippen molar-refractivity contribution in [2.75, 3.05) is 5.01 Å². The van der Waals surface area contributed by atoms with Crippen LogP contribution in [0.3, 0.4) is 0 Å². The number of anilines is 1. The second kappa shape index (κ2) is 7.58. The molecule has 1 atom stereocenters. The molecule has 1 aromatic heterocycles. The van der Waals surface area contributed by atoms with Crippen LogP contribution in [0.25, 0.3) is 17.3 Å². The second-order valence-electron chi connectivity index (χ2n) is 6.67. The zero-order valence-corrected chi connectivity index (χ0v) is 16.2. The number of aromatic hydroxyl groups is 1. The number of hydrazone groups is 1. The Morgan fingerprint density at radius 2 is 1.73 bits per heavy atom. The summed E-state index contributed by atoms with van der Waals surface area (Å²) in [6, 6.07) is 15.4. The molecule has 0 radical (unpaired) electrons. The highest BCUT2D eigenvalue weighted by Gasteiger charge is 2.62. The number of alkyl halides is 3. The smallest absolute Gasteiger partial charge is 0.438 e. The molecule has 2 heterocycles. The molecule has 1 aliphatic rings. The van der Waals surface area contributed by atoms with Gasteiger partial charge in [0.25, 0.3) is 5.72 Å². The summed E-state index contributed by atoms with van der Waals surface area (Å²) in [6.07, 6.45) is -2.93. The van der Waals surface area contributed by atoms with Crippen LogP contribution in [0.4, 0.5) is 18.3 Å². The summed E-state index contributed by atoms with van der Waals surface area (Å²) in [4.78, 5) is 4.25. The number of benzene rings is 2. The van der Waals surface area contributed by atoms with E-state index in [0.717, 1.165) is 16.9 Å². The van der Waals surface area contributed by atoms with Gasteiger partial charge in [-0.2, -0.15) is 23.3 Å². The number of phenolic OH excluding ortho intramolecular Hbond substituents is 1. The van der Waals surface area contributed by atoms with Gasteiger partial charge in [-0.05, 0) is 18.2 Å². The molecule has 9 heteroatoms. The molecule has 4 rings (SSSR count). The average molecular weight is 431 g/mol. The van der Waals surface area contributed by atoms with Crippen molar-refractivity contribution in [3.05, 3.63) is 71.6 Å². The number of hydrogen-bond acceptors (Lipinski definition) is 6. The first-order valence-corrected chi connectivity index (χ1v) is 9.80. The van der Waals surface area contributed by atoms with Crippen LogP contribution in [0.15, 0.2) is 71.2 Å². The standard InChI is InChI=1S/C21H16F3N3O2S/c22-21(23,24)20(29)12-16(11-10-15-8-4-5-9-18(15)28)26-27(20)19-25-17(13-30-19)14-6-2-1-3-7-14/h1-11,13,28-29H,12H2/b11-10+. The molecule has 1 unspecified atom stereocenters. The van der Waals surface area contributed by atoms with E-state index in [9.17, 15) is 23.4 Å². The lowest BCUT2D eigenvalue weighted by Crippen LogP contribution is -2.55. The van der Waals surface area contributed by atoms with E-state index in [-0.39, 0.29) is 16.6 Å². The predicted octanol–water partition coefficient (Wildman–Crippen LogP) is 5.05. The van der Waals surface area contributed by atoms with Crippen LogP contribution in [0, 0.1) is 0 Å². The third-order valence-electron chi connectivity index (χ3n) is 4.60. The quantitative estimate of drug-likeness (QED) is 0.607. The Kier molecular flexibility index (Phi) is 5.08. The lowest BCUT2D eigenvalue weighted by molar-refractivity contribution is -0.254. The molecule has 0 bridgehead atoms. The maximum absolute atomic E-state index is 13.8. The van der Waals surface area contributed by atoms with Crippen molar-refractivity contribution in [3.63, 3.8) is 0 Å². The van der Waals surface area contributed by atoms with E-state index < -0.39 is 18.3 Å². The van der Waals surface area contributed by atoms with E-state index in [2.05, 4.69) is 10.1 Å². The SMILES string of the molecule is Oc1ccccc1/C=C/C1=NN(c2nc(-c3ccccc3)cs2)C(O)(C(F)(F)F)C1. The number of aliphatic hydroxyl groups is 1. The molecular formula is C21H16F3N3O2S. The van der Waals surface area contributed by atoms with Crippen LogP contribution in [0.5, 0.6) is 5.75 Å². The van der Waals surface area contributed by atoms with Crippen LogP contribution in [-0.2, 0) is 0 Å². The molecule has 0 saturated carbocycles. The highest BCUT2D eigenvalue weighted by atomic mass is 32.1. The van der Waals surface area contributed by atoms with Gasteiger partial charge in [0.05, 0.1) is 17.8 Å². The minimum Gasteiger partial charge on any atom is -0.507 e. The molecule has 30 heavy (non-hydrogen) atoms. The maximum atomic E-state index is 13.8. The van der Waals surface area contributed by atoms with Gasteiger partial charge < -0.3 is 10.2 Å². The van der Waals surface area contributed by atoms with E-state index in [4.69, 9.17) is 0 Å². The molecule has 0 saturated heterocycles. The van der Waals surface area contributed by atoms with Gasteiger partial charge in [0.15, 0.2) is 0 Å². The fraction of sp³-hybridized carbons (Fsp3) is 0.143. The molecule has 5 nitrogen and oxygen atoms in total. The van der Waals surface area contributed by atoms with Gasteiger partial charge in [-0.15, -0.1) is 11.3 Å². The Morgan fingerprint density at radius 3 is 2.43 bits per heavy atom. The normalized spacial score (nSPS) is 19.5. The van der Waals surface area contributed by atoms with Crippen molar-refractivity contribution in [2.45, 2.75) is 18.3 Å². The number of thiazole rings is 1. The number of halogens is 3. The summed E-state index contributed by atoms with van der Waals surface area (Å²) in [5.41, 5.74) is -1.53. The first-order chi connectivity index (χ1) is 14.3. The van der Waals surface area contributed by atoms with Crippen molar-refractivity contribution >= 4 is 28.3 Å². The van der Waals surface area contributed by atoms with E-state index in [1.54, 1.807) is 47.8 Å². The summed E-state index contributed by atoms with van der Waals surface area (Å²) in [5, 5.41) is 26.4. The fourth-order valence-corrected chi connectivity index (χ4v) is 3.85. The summed E-state index contributed by atoms with van der Waals surface area (Å²) < 4.78 is 41.3. The molecule has 0 spiro atoms. The third-order valence-corrected chi connectivity index (χ3v) is 5.41. The Bertz CT molecular complexity index is 1110. The third kappa shape index (κ3) is 3.69. The Labute approximate surface area is 174 Å². The minimum atomic E-state index is -4.96. The average Bonchev–Trinajstić information content (AvgIpc) is 3.33. The molecule has 2 N–H and O–H groups in total. The molecular weight excluding hydrogens is 415 g/mol. The lowest BCUT2D eigenvalue weighted by atomic mass is 10.1. The maximum Gasteiger partial charge on any atom is 0.438 e. The van der Waals surface area contributed by atoms with Crippen LogP contribution < -0.4 is 5.01 Å². The van der Waals surface area contributed by atoms with Crippen LogP contribution in [0.1, 0.15) is 12.0 Å². The van der Waals surface area contributed by atoms with Gasteiger partial charge in [-0.25, -0.2) is 4.98 Å². The second-order valence-corrected chi connectivity index (χ2v) is 7.50. The van der Waals surface area contributed by atoms with E-state index in [0.29, 0.717) is 16.3 Å². The van der Waals surface area contributed by atoms with Gasteiger partial charge >= 0.3 is 6.18 Å². The summed E-state index contributed by atoms with van der Waals surface area (Å²) in [5.74, 6) is -0.0114. The van der Waals surface area contributed by atoms with Crippen molar-refractivity contribution in [1.29, 1.82) is 0 Å². The number of rotatable bonds is 4. The number of para-hydroxylation sites is 1. The van der Waals surface area contributed by atoms with Crippen molar-refractivity contribution < 1.29 is 23.4 Å². The Morgan fingerprint density at radius 1 is 1.03 bits per heavy atom. The Balaban J connectivity index is 1.68. The highest BCUT2D eigenvalue weighted by Crippen LogP contribution is 2.44. The monoisotopic (exact) mass is 431 g/mol. The molecule has 154 valence electrons. The summed E-state index contributed by atoms with van der Waals surface area (Å²) >= 11 is 0.963. The van der Waals surface area contributed by atoms with E-state index >= 15 is 0 Å². The molecule has 0 amide bonds. The van der Waals surface area contributed by atoms with E-state index in [1.165, 1.54) is 18.2 Å². The number of allylic oxidation sites excluding steroid dienone is 1. The topological polar surface area (TPSA) is 69.0 Å². The fourth-order valence-electron chi connectivity index (χ4n) is 3.01. The van der Waals surface area contributed by atoms with Crippen LogP contribution in [-0.4, -0.2) is 32.8 Å². The highest BCUT2D eigenvalue weighted by molar-refractivity contribution is 7.14. The van der Waals surface area contributed by atoms with Crippen molar-refractivity contribution in [1.82, 2.24) is 4.98 Å². The molecule has 1 aliphatic heterocycles. The van der Waals surface area contributed by atoms with Gasteiger partial charge in [-0.3, -0.25) is 0 Å². The largest absolute Gasteiger partial charge is 0.507 e. The Hall–Kier alpha value is -3.17. The van der Waals surface area contributed by atoms with Gasteiger partial charge in [-0.1, -0.05) is 48.5 Å². The summed E-state index contributed by atoms with van der Waals surface area (Å²) in [6.45, 7) is 0.